The number of nitrogens with one attached hydrogen (secondary N) is 2. The average Bonchev–Trinajstić information content (AvgIpc) is 3.15. The number of phenols is 1. The zero-order valence-corrected chi connectivity index (χ0v) is 14.9. The minimum absolute atomic E-state index is 0.124. The van der Waals surface area contributed by atoms with Crippen molar-refractivity contribution in [2.24, 2.45) is 5.10 Å². The summed E-state index contributed by atoms with van der Waals surface area (Å²) in [6, 6.07) is 14.9. The smallest absolute Gasteiger partial charge is 0.289 e. The van der Waals surface area contributed by atoms with Crippen LogP contribution in [-0.2, 0) is 6.42 Å². The van der Waals surface area contributed by atoms with Gasteiger partial charge in [-0.25, -0.2) is 5.43 Å². The number of H-pyrrole nitrogens is 1. The van der Waals surface area contributed by atoms with E-state index in [0.29, 0.717) is 23.4 Å². The molecular formula is C21H20N4O2. The number of para-hydroxylation sites is 1. The van der Waals surface area contributed by atoms with Crippen LogP contribution in [0.25, 0.3) is 11.3 Å². The van der Waals surface area contributed by atoms with E-state index in [2.05, 4.69) is 27.3 Å². The van der Waals surface area contributed by atoms with Gasteiger partial charge in [0.1, 0.15) is 11.4 Å². The van der Waals surface area contributed by atoms with Gasteiger partial charge >= 0.3 is 0 Å². The second-order valence-electron chi connectivity index (χ2n) is 6.08. The zero-order valence-electron chi connectivity index (χ0n) is 14.9. The summed E-state index contributed by atoms with van der Waals surface area (Å²) >= 11 is 0. The van der Waals surface area contributed by atoms with E-state index in [1.165, 1.54) is 6.21 Å². The third-order valence-corrected chi connectivity index (χ3v) is 4.05. The Bertz CT molecular complexity index is 988. The molecule has 0 atom stereocenters. The van der Waals surface area contributed by atoms with Crippen LogP contribution >= 0.6 is 0 Å². The van der Waals surface area contributed by atoms with Crippen LogP contribution in [0.3, 0.4) is 0 Å². The highest BCUT2D eigenvalue weighted by atomic mass is 16.3. The molecule has 1 aromatic heterocycles. The number of phenolic OH excluding ortho intramolecular Hbond substituents is 1. The van der Waals surface area contributed by atoms with Gasteiger partial charge in [-0.3, -0.25) is 9.89 Å². The van der Waals surface area contributed by atoms with E-state index in [4.69, 9.17) is 0 Å². The van der Waals surface area contributed by atoms with E-state index in [-0.39, 0.29) is 5.75 Å². The molecule has 6 heteroatoms. The second kappa shape index (κ2) is 8.14. The molecule has 0 unspecified atom stereocenters. The number of amides is 1. The number of hydrogen-bond donors (Lipinski definition) is 3. The lowest BCUT2D eigenvalue weighted by Gasteiger charge is -2.04. The normalized spacial score (nSPS) is 10.9. The van der Waals surface area contributed by atoms with Gasteiger partial charge in [-0.2, -0.15) is 10.2 Å². The van der Waals surface area contributed by atoms with Gasteiger partial charge in [-0.15, -0.1) is 6.58 Å². The van der Waals surface area contributed by atoms with E-state index in [1.54, 1.807) is 18.2 Å². The molecule has 0 aliphatic carbocycles. The molecule has 1 amide bonds. The lowest BCUT2D eigenvalue weighted by molar-refractivity contribution is 0.0950. The van der Waals surface area contributed by atoms with Crippen molar-refractivity contribution in [2.45, 2.75) is 13.3 Å². The Hall–Kier alpha value is -3.67. The Kier molecular flexibility index (Phi) is 5.47. The van der Waals surface area contributed by atoms with Crippen molar-refractivity contribution in [3.05, 3.63) is 83.6 Å². The van der Waals surface area contributed by atoms with Crippen LogP contribution < -0.4 is 5.43 Å². The van der Waals surface area contributed by atoms with Crippen molar-refractivity contribution in [2.75, 3.05) is 0 Å². The Morgan fingerprint density at radius 3 is 2.81 bits per heavy atom. The average molecular weight is 360 g/mol. The van der Waals surface area contributed by atoms with Gasteiger partial charge in [0.05, 0.1) is 11.9 Å². The summed E-state index contributed by atoms with van der Waals surface area (Å²) in [6.07, 6.45) is 3.66. The molecule has 1 heterocycles. The lowest BCUT2D eigenvalue weighted by Crippen LogP contribution is -2.18. The van der Waals surface area contributed by atoms with Gasteiger partial charge in [-0.05, 0) is 31.0 Å². The lowest BCUT2D eigenvalue weighted by atomic mass is 10.1. The molecule has 3 N–H and O–H groups in total. The molecule has 2 aromatic carbocycles. The molecule has 3 rings (SSSR count). The molecule has 0 aliphatic rings. The van der Waals surface area contributed by atoms with Crippen LogP contribution in [0.15, 0.2) is 66.3 Å². The molecule has 27 heavy (non-hydrogen) atoms. The van der Waals surface area contributed by atoms with E-state index in [0.717, 1.165) is 16.7 Å². The topological polar surface area (TPSA) is 90.4 Å². The minimum Gasteiger partial charge on any atom is -0.507 e. The Morgan fingerprint density at radius 2 is 2.07 bits per heavy atom. The van der Waals surface area contributed by atoms with Crippen LogP contribution in [0.1, 0.15) is 27.2 Å². The van der Waals surface area contributed by atoms with Crippen molar-refractivity contribution in [3.8, 4) is 17.0 Å². The highest BCUT2D eigenvalue weighted by Crippen LogP contribution is 2.21. The molecule has 136 valence electrons. The number of rotatable bonds is 6. The number of benzene rings is 2. The molecule has 0 fully saturated rings. The molecule has 0 bridgehead atoms. The van der Waals surface area contributed by atoms with Gasteiger partial charge in [0.2, 0.25) is 0 Å². The summed E-state index contributed by atoms with van der Waals surface area (Å²) in [4.78, 5) is 12.2. The van der Waals surface area contributed by atoms with Gasteiger partial charge < -0.3 is 5.11 Å². The molecule has 0 saturated carbocycles. The van der Waals surface area contributed by atoms with Crippen LogP contribution in [0.4, 0.5) is 0 Å². The third kappa shape index (κ3) is 4.30. The SMILES string of the molecule is C=CCc1cccc(/C=N/NC(=O)c2cc(-c3ccc(C)cc3)n[nH]2)c1O. The van der Waals surface area contributed by atoms with Gasteiger partial charge in [-0.1, -0.05) is 48.0 Å². The fourth-order valence-corrected chi connectivity index (χ4v) is 2.57. The first-order valence-electron chi connectivity index (χ1n) is 8.46. The fraction of sp³-hybridized carbons (Fsp3) is 0.0952. The number of aromatic nitrogens is 2. The summed E-state index contributed by atoms with van der Waals surface area (Å²) in [5.74, 6) is -0.294. The predicted molar refractivity (Wildman–Crippen MR) is 106 cm³/mol. The van der Waals surface area contributed by atoms with Gasteiger partial charge in [0.25, 0.3) is 5.91 Å². The second-order valence-corrected chi connectivity index (χ2v) is 6.08. The first kappa shape index (κ1) is 18.1. The summed E-state index contributed by atoms with van der Waals surface area (Å²) in [6.45, 7) is 5.67. The van der Waals surface area contributed by atoms with E-state index >= 15 is 0 Å². The standard InChI is InChI=1S/C21H20N4O2/c1-3-5-16-6-4-7-17(20(16)26)13-22-25-21(27)19-12-18(23-24-19)15-10-8-14(2)9-11-15/h3-4,6-13,26H,1,5H2,2H3,(H,23,24)(H,25,27)/b22-13+. The summed E-state index contributed by atoms with van der Waals surface area (Å²) < 4.78 is 0. The van der Waals surface area contributed by atoms with Crippen molar-refractivity contribution >= 4 is 12.1 Å². The molecule has 0 spiro atoms. The number of hydrogen-bond acceptors (Lipinski definition) is 4. The maximum atomic E-state index is 12.2. The number of aromatic amines is 1. The third-order valence-electron chi connectivity index (χ3n) is 4.05. The maximum absolute atomic E-state index is 12.2. The molecule has 3 aromatic rings. The Morgan fingerprint density at radius 1 is 1.30 bits per heavy atom. The van der Waals surface area contributed by atoms with Crippen LogP contribution in [0.2, 0.25) is 0 Å². The molecule has 0 radical (unpaired) electrons. The minimum atomic E-state index is -0.418. The van der Waals surface area contributed by atoms with Crippen LogP contribution in [0, 0.1) is 6.92 Å². The summed E-state index contributed by atoms with van der Waals surface area (Å²) in [5.41, 5.74) is 6.74. The van der Waals surface area contributed by atoms with Crippen molar-refractivity contribution < 1.29 is 9.90 Å². The molecule has 6 nitrogen and oxygen atoms in total. The molecular weight excluding hydrogens is 340 g/mol. The van der Waals surface area contributed by atoms with E-state index < -0.39 is 5.91 Å². The quantitative estimate of drug-likeness (QED) is 0.356. The maximum Gasteiger partial charge on any atom is 0.289 e. The Balaban J connectivity index is 1.68. The van der Waals surface area contributed by atoms with Crippen LogP contribution in [-0.4, -0.2) is 27.4 Å². The zero-order chi connectivity index (χ0) is 19.2. The highest BCUT2D eigenvalue weighted by Gasteiger charge is 2.10. The first-order valence-corrected chi connectivity index (χ1v) is 8.46. The van der Waals surface area contributed by atoms with Gasteiger partial charge in [0.15, 0.2) is 0 Å². The highest BCUT2D eigenvalue weighted by molar-refractivity contribution is 5.94. The van der Waals surface area contributed by atoms with E-state index in [9.17, 15) is 9.90 Å². The van der Waals surface area contributed by atoms with E-state index in [1.807, 2.05) is 43.3 Å². The number of carbonyl (C=O) groups is 1. The van der Waals surface area contributed by atoms with Crippen molar-refractivity contribution in [1.29, 1.82) is 0 Å². The fourth-order valence-electron chi connectivity index (χ4n) is 2.57. The number of aromatic hydroxyl groups is 1. The van der Waals surface area contributed by atoms with Crippen molar-refractivity contribution in [3.63, 3.8) is 0 Å². The summed E-state index contributed by atoms with van der Waals surface area (Å²) in [7, 11) is 0. The van der Waals surface area contributed by atoms with Crippen LogP contribution in [0.5, 0.6) is 5.75 Å². The van der Waals surface area contributed by atoms with Crippen molar-refractivity contribution in [1.82, 2.24) is 15.6 Å². The largest absolute Gasteiger partial charge is 0.507 e. The number of aryl methyl sites for hydroxylation is 1. The summed E-state index contributed by atoms with van der Waals surface area (Å²) in [5, 5.41) is 21.0. The number of nitrogens with zero attached hydrogens (tertiary/aromatic N) is 2. The Labute approximate surface area is 157 Å². The number of allylic oxidation sites excluding steroid dienone is 1. The predicted octanol–water partition coefficient (Wildman–Crippen LogP) is 3.58. The molecule has 0 saturated heterocycles. The number of hydrazone groups is 1. The monoisotopic (exact) mass is 360 g/mol. The van der Waals surface area contributed by atoms with Gasteiger partial charge in [0, 0.05) is 11.1 Å². The molecule has 0 aliphatic heterocycles. The first-order chi connectivity index (χ1) is 13.1. The number of carbonyl (C=O) groups excluding carboxylic acids is 1.